The van der Waals surface area contributed by atoms with Crippen molar-refractivity contribution in [2.24, 2.45) is 5.92 Å². The van der Waals surface area contributed by atoms with Crippen LogP contribution >= 0.6 is 22.9 Å². The van der Waals surface area contributed by atoms with Crippen LogP contribution in [-0.4, -0.2) is 21.8 Å². The topological polar surface area (TPSA) is 84.0 Å². The number of hydrogen-bond donors (Lipinski definition) is 2. The predicted molar refractivity (Wildman–Crippen MR) is 112 cm³/mol. The molecule has 3 rings (SSSR count). The second-order valence-electron chi connectivity index (χ2n) is 6.52. The average Bonchev–Trinajstić information content (AvgIpc) is 3.20. The molecule has 2 aromatic heterocycles. The lowest BCUT2D eigenvalue weighted by Gasteiger charge is -2.21. The number of thiazole rings is 1. The predicted octanol–water partition coefficient (Wildman–Crippen LogP) is 4.82. The zero-order valence-corrected chi connectivity index (χ0v) is 16.9. The van der Waals surface area contributed by atoms with E-state index in [0.717, 1.165) is 5.56 Å². The molecule has 0 spiro atoms. The summed E-state index contributed by atoms with van der Waals surface area (Å²) in [4.78, 5) is 32.9. The number of halogens is 1. The summed E-state index contributed by atoms with van der Waals surface area (Å²) in [5.41, 5.74) is 3.38. The molecule has 1 atom stereocenters. The smallest absolute Gasteiger partial charge is 0.276 e. The molecule has 6 nitrogen and oxygen atoms in total. The number of amides is 2. The van der Waals surface area contributed by atoms with Crippen LogP contribution in [0.1, 0.15) is 35.8 Å². The molecule has 0 saturated carbocycles. The molecule has 144 valence electrons. The van der Waals surface area contributed by atoms with Crippen LogP contribution in [0, 0.1) is 5.92 Å². The van der Waals surface area contributed by atoms with Crippen LogP contribution in [-0.2, 0) is 4.79 Å². The highest BCUT2D eigenvalue weighted by atomic mass is 35.5. The molecular formula is C20H19ClN4O2S. The van der Waals surface area contributed by atoms with Gasteiger partial charge in [0.25, 0.3) is 5.91 Å². The first-order chi connectivity index (χ1) is 13.4. The highest BCUT2D eigenvalue weighted by Crippen LogP contribution is 2.27. The Morgan fingerprint density at radius 3 is 2.36 bits per heavy atom. The molecule has 2 heterocycles. The molecule has 0 aliphatic heterocycles. The van der Waals surface area contributed by atoms with Gasteiger partial charge in [0.05, 0.1) is 23.3 Å². The third kappa shape index (κ3) is 4.94. The first-order valence-electron chi connectivity index (χ1n) is 8.66. The van der Waals surface area contributed by atoms with Gasteiger partial charge in [0.15, 0.2) is 0 Å². The van der Waals surface area contributed by atoms with Gasteiger partial charge in [0.1, 0.15) is 11.5 Å². The second kappa shape index (κ2) is 8.95. The van der Waals surface area contributed by atoms with Crippen molar-refractivity contribution < 1.29 is 9.59 Å². The number of anilines is 2. The molecule has 0 aliphatic carbocycles. The van der Waals surface area contributed by atoms with E-state index in [4.69, 9.17) is 11.6 Å². The van der Waals surface area contributed by atoms with Gasteiger partial charge in [-0.25, -0.2) is 9.97 Å². The van der Waals surface area contributed by atoms with E-state index < -0.39 is 0 Å². The number of pyridine rings is 1. The van der Waals surface area contributed by atoms with Crippen molar-refractivity contribution >= 4 is 46.3 Å². The van der Waals surface area contributed by atoms with E-state index in [1.807, 2.05) is 26.0 Å². The molecule has 1 aromatic carbocycles. The minimum absolute atomic E-state index is 0.103. The Morgan fingerprint density at radius 1 is 1.04 bits per heavy atom. The van der Waals surface area contributed by atoms with Gasteiger partial charge < -0.3 is 10.6 Å². The molecule has 2 amide bonds. The van der Waals surface area contributed by atoms with Crippen LogP contribution in [0.5, 0.6) is 0 Å². The molecular weight excluding hydrogens is 396 g/mol. The Morgan fingerprint density at radius 2 is 1.79 bits per heavy atom. The Kier molecular flexibility index (Phi) is 6.38. The summed E-state index contributed by atoms with van der Waals surface area (Å²) in [6.45, 7) is 3.99. The highest BCUT2D eigenvalue weighted by molar-refractivity contribution is 7.07. The Labute approximate surface area is 172 Å². The highest BCUT2D eigenvalue weighted by Gasteiger charge is 2.24. The monoisotopic (exact) mass is 414 g/mol. The summed E-state index contributed by atoms with van der Waals surface area (Å²) < 4.78 is 0. The molecule has 8 heteroatoms. The van der Waals surface area contributed by atoms with Gasteiger partial charge in [-0.05, 0) is 35.7 Å². The fraction of sp³-hybridized carbons (Fsp3) is 0.200. The zero-order valence-electron chi connectivity index (χ0n) is 15.3. The largest absolute Gasteiger partial charge is 0.324 e. The summed E-state index contributed by atoms with van der Waals surface area (Å²) in [7, 11) is 0. The van der Waals surface area contributed by atoms with Crippen molar-refractivity contribution in [1.82, 2.24) is 9.97 Å². The minimum atomic E-state index is -0.326. The number of benzene rings is 1. The van der Waals surface area contributed by atoms with Gasteiger partial charge in [-0.15, -0.1) is 11.3 Å². The van der Waals surface area contributed by atoms with Gasteiger partial charge in [0.2, 0.25) is 5.91 Å². The maximum Gasteiger partial charge on any atom is 0.276 e. The normalized spacial score (nSPS) is 11.9. The lowest BCUT2D eigenvalue weighted by atomic mass is 9.87. The minimum Gasteiger partial charge on any atom is -0.324 e. The maximum atomic E-state index is 12.8. The van der Waals surface area contributed by atoms with Crippen molar-refractivity contribution in [1.29, 1.82) is 0 Å². The third-order valence-corrected chi connectivity index (χ3v) is 4.95. The van der Waals surface area contributed by atoms with Crippen molar-refractivity contribution in [3.8, 4) is 0 Å². The number of carbonyl (C=O) groups is 2. The number of aromatic nitrogens is 2. The van der Waals surface area contributed by atoms with E-state index >= 15 is 0 Å². The SMILES string of the molecule is CC(C)C(C(=O)Nc1ccc(NC(=O)c2cscn2)nc1)c1ccc(Cl)cc1. The lowest BCUT2D eigenvalue weighted by molar-refractivity contribution is -0.118. The van der Waals surface area contributed by atoms with Crippen LogP contribution < -0.4 is 10.6 Å². The zero-order chi connectivity index (χ0) is 20.1. The first-order valence-corrected chi connectivity index (χ1v) is 9.98. The van der Waals surface area contributed by atoms with Crippen LogP contribution in [0.25, 0.3) is 0 Å². The fourth-order valence-electron chi connectivity index (χ4n) is 2.78. The molecule has 0 radical (unpaired) electrons. The summed E-state index contributed by atoms with van der Waals surface area (Å²) in [6, 6.07) is 10.6. The van der Waals surface area contributed by atoms with E-state index in [0.29, 0.717) is 22.2 Å². The molecule has 2 N–H and O–H groups in total. The molecule has 3 aromatic rings. The first kappa shape index (κ1) is 20.0. The fourth-order valence-corrected chi connectivity index (χ4v) is 3.43. The molecule has 0 saturated heterocycles. The second-order valence-corrected chi connectivity index (χ2v) is 7.68. The summed E-state index contributed by atoms with van der Waals surface area (Å²) in [5, 5.41) is 7.84. The van der Waals surface area contributed by atoms with Gasteiger partial charge in [-0.2, -0.15) is 0 Å². The van der Waals surface area contributed by atoms with Gasteiger partial charge >= 0.3 is 0 Å². The van der Waals surface area contributed by atoms with E-state index in [-0.39, 0.29) is 23.7 Å². The lowest BCUT2D eigenvalue weighted by Crippen LogP contribution is -2.25. The van der Waals surface area contributed by atoms with Crippen LogP contribution in [0.15, 0.2) is 53.5 Å². The standard InChI is InChI=1S/C20H19ClN4O2S/c1-12(2)18(13-3-5-14(21)6-4-13)20(27)24-15-7-8-17(22-9-15)25-19(26)16-10-28-11-23-16/h3-12,18H,1-2H3,(H,24,27)(H,22,25,26). The van der Waals surface area contributed by atoms with Gasteiger partial charge in [0, 0.05) is 10.4 Å². The third-order valence-electron chi connectivity index (χ3n) is 4.12. The number of hydrogen-bond acceptors (Lipinski definition) is 5. The number of nitrogens with zero attached hydrogens (tertiary/aromatic N) is 2. The number of nitrogens with one attached hydrogen (secondary N) is 2. The van der Waals surface area contributed by atoms with Crippen molar-refractivity contribution in [2.75, 3.05) is 10.6 Å². The number of carbonyl (C=O) groups excluding carboxylic acids is 2. The number of rotatable bonds is 6. The van der Waals surface area contributed by atoms with Crippen molar-refractivity contribution in [3.63, 3.8) is 0 Å². The van der Waals surface area contributed by atoms with Crippen molar-refractivity contribution in [2.45, 2.75) is 19.8 Å². The Bertz CT molecular complexity index is 941. The molecule has 0 aliphatic rings. The molecule has 28 heavy (non-hydrogen) atoms. The molecule has 1 unspecified atom stereocenters. The average molecular weight is 415 g/mol. The van der Waals surface area contributed by atoms with E-state index in [2.05, 4.69) is 20.6 Å². The summed E-state index contributed by atoms with van der Waals surface area (Å²) >= 11 is 7.29. The Hall–Kier alpha value is -2.77. The van der Waals surface area contributed by atoms with E-state index in [1.54, 1.807) is 35.2 Å². The van der Waals surface area contributed by atoms with Crippen molar-refractivity contribution in [3.05, 3.63) is 69.8 Å². The van der Waals surface area contributed by atoms with Gasteiger partial charge in [-0.1, -0.05) is 37.6 Å². The quantitative estimate of drug-likeness (QED) is 0.605. The van der Waals surface area contributed by atoms with E-state index in [1.165, 1.54) is 17.5 Å². The van der Waals surface area contributed by atoms with Crippen LogP contribution in [0.3, 0.4) is 0 Å². The van der Waals surface area contributed by atoms with Crippen LogP contribution in [0.4, 0.5) is 11.5 Å². The summed E-state index contributed by atoms with van der Waals surface area (Å²) in [5.74, 6) is -0.284. The molecule has 0 fully saturated rings. The van der Waals surface area contributed by atoms with Crippen LogP contribution in [0.2, 0.25) is 5.02 Å². The van der Waals surface area contributed by atoms with Gasteiger partial charge in [-0.3, -0.25) is 9.59 Å². The Balaban J connectivity index is 1.67. The maximum absolute atomic E-state index is 12.8. The molecule has 0 bridgehead atoms. The van der Waals surface area contributed by atoms with E-state index in [9.17, 15) is 9.59 Å². The summed E-state index contributed by atoms with van der Waals surface area (Å²) in [6.07, 6.45) is 1.51.